The van der Waals surface area contributed by atoms with Gasteiger partial charge in [-0.15, -0.1) is 10.2 Å². The summed E-state index contributed by atoms with van der Waals surface area (Å²) in [6.07, 6.45) is 7.46. The van der Waals surface area contributed by atoms with Crippen LogP contribution in [0.4, 0.5) is 4.39 Å². The molecule has 1 aromatic carbocycles. The quantitative estimate of drug-likeness (QED) is 0.239. The molecule has 1 aliphatic rings. The third-order valence-electron chi connectivity index (χ3n) is 7.35. The van der Waals surface area contributed by atoms with Gasteiger partial charge in [-0.05, 0) is 67.3 Å². The van der Waals surface area contributed by atoms with Crippen LogP contribution in [0, 0.1) is 5.82 Å². The van der Waals surface area contributed by atoms with Crippen molar-refractivity contribution >= 4 is 0 Å². The smallest absolute Gasteiger partial charge is 0.164 e. The van der Waals surface area contributed by atoms with Crippen LogP contribution in [0.15, 0.2) is 61.2 Å². The molecule has 1 atom stereocenters. The van der Waals surface area contributed by atoms with E-state index in [2.05, 4.69) is 33.6 Å². The number of halogens is 1. The number of methoxy groups -OCH3 is 2. The average Bonchev–Trinajstić information content (AvgIpc) is 3.58. The summed E-state index contributed by atoms with van der Waals surface area (Å²) in [4.78, 5) is 9.85. The first kappa shape index (κ1) is 27.7. The minimum Gasteiger partial charge on any atom is -0.494 e. The van der Waals surface area contributed by atoms with Crippen molar-refractivity contribution in [3.63, 3.8) is 0 Å². The first-order chi connectivity index (χ1) is 20.4. The van der Waals surface area contributed by atoms with E-state index >= 15 is 0 Å². The van der Waals surface area contributed by atoms with Gasteiger partial charge in [0.2, 0.25) is 0 Å². The number of pyridine rings is 2. The van der Waals surface area contributed by atoms with Crippen LogP contribution in [0.5, 0.6) is 5.75 Å². The summed E-state index contributed by atoms with van der Waals surface area (Å²) in [5.41, 5.74) is 5.79. The van der Waals surface area contributed by atoms with Gasteiger partial charge < -0.3 is 19.4 Å². The number of aromatic nitrogens is 7. The molecule has 216 valence electrons. The maximum atomic E-state index is 14.4. The molecule has 11 heteroatoms. The number of nitrogens with zero attached hydrogens (tertiary/aromatic N) is 7. The summed E-state index contributed by atoms with van der Waals surface area (Å²) in [5.74, 6) is 1.96. The van der Waals surface area contributed by atoms with Gasteiger partial charge in [-0.1, -0.05) is 6.07 Å². The van der Waals surface area contributed by atoms with Crippen molar-refractivity contribution < 1.29 is 13.9 Å². The van der Waals surface area contributed by atoms with Crippen LogP contribution >= 0.6 is 0 Å². The molecule has 10 nitrogen and oxygen atoms in total. The normalized spacial score (nSPS) is 13.8. The third-order valence-corrected chi connectivity index (χ3v) is 7.35. The molecule has 6 rings (SSSR count). The van der Waals surface area contributed by atoms with Crippen molar-refractivity contribution in [2.24, 2.45) is 7.05 Å². The fraction of sp³-hybridized carbons (Fsp3) is 0.323. The molecule has 0 aliphatic heterocycles. The zero-order valence-electron chi connectivity index (χ0n) is 24.1. The summed E-state index contributed by atoms with van der Waals surface area (Å²) >= 11 is 0. The molecule has 4 aromatic heterocycles. The molecule has 0 spiro atoms. The van der Waals surface area contributed by atoms with Gasteiger partial charge in [0.25, 0.3) is 0 Å². The zero-order chi connectivity index (χ0) is 29.2. The SMILES string of the molecule is COC[C@H](C)NCc1ccc(OC)c(-c2cnn(-c3cc(-c4ccc(F)cc4-c4nncn4C)cc(C4CC4)n3)c2)n1. The Morgan fingerprint density at radius 1 is 1.05 bits per heavy atom. The monoisotopic (exact) mass is 568 g/mol. The third kappa shape index (κ3) is 5.79. The van der Waals surface area contributed by atoms with Gasteiger partial charge in [0, 0.05) is 55.7 Å². The highest BCUT2D eigenvalue weighted by molar-refractivity contribution is 5.81. The Kier molecular flexibility index (Phi) is 7.77. The van der Waals surface area contributed by atoms with Gasteiger partial charge in [-0.2, -0.15) is 5.10 Å². The van der Waals surface area contributed by atoms with E-state index in [0.717, 1.165) is 40.9 Å². The van der Waals surface area contributed by atoms with Crippen LogP contribution in [0.3, 0.4) is 0 Å². The predicted octanol–water partition coefficient (Wildman–Crippen LogP) is 4.94. The van der Waals surface area contributed by atoms with Crippen molar-refractivity contribution in [1.29, 1.82) is 0 Å². The van der Waals surface area contributed by atoms with E-state index in [1.54, 1.807) is 42.1 Å². The second-order valence-electron chi connectivity index (χ2n) is 10.6. The lowest BCUT2D eigenvalue weighted by molar-refractivity contribution is 0.171. The predicted molar refractivity (Wildman–Crippen MR) is 157 cm³/mol. The number of ether oxygens (including phenoxy) is 2. The van der Waals surface area contributed by atoms with Crippen LogP contribution in [0.1, 0.15) is 37.1 Å². The summed E-state index contributed by atoms with van der Waals surface area (Å²) in [5, 5.41) is 16.3. The zero-order valence-corrected chi connectivity index (χ0v) is 24.1. The van der Waals surface area contributed by atoms with Gasteiger partial charge in [-0.3, -0.25) is 0 Å². The van der Waals surface area contributed by atoms with Crippen molar-refractivity contribution in [3.8, 4) is 45.3 Å². The average molecular weight is 569 g/mol. The number of rotatable bonds is 11. The summed E-state index contributed by atoms with van der Waals surface area (Å²) in [6, 6.07) is 12.9. The maximum Gasteiger partial charge on any atom is 0.164 e. The fourth-order valence-electron chi connectivity index (χ4n) is 4.99. The highest BCUT2D eigenvalue weighted by Gasteiger charge is 2.27. The molecular weight excluding hydrogens is 535 g/mol. The Bertz CT molecular complexity index is 1710. The molecule has 1 N–H and O–H groups in total. The van der Waals surface area contributed by atoms with Crippen molar-refractivity contribution in [3.05, 3.63) is 78.4 Å². The lowest BCUT2D eigenvalue weighted by atomic mass is 9.98. The number of hydrogen-bond acceptors (Lipinski definition) is 8. The van der Waals surface area contributed by atoms with Crippen molar-refractivity contribution in [2.45, 2.75) is 38.3 Å². The van der Waals surface area contributed by atoms with Gasteiger partial charge in [0.05, 0.1) is 25.6 Å². The second kappa shape index (κ2) is 11.8. The minimum atomic E-state index is -0.336. The summed E-state index contributed by atoms with van der Waals surface area (Å²) in [6.45, 7) is 3.27. The topological polar surface area (TPSA) is 105 Å². The molecule has 1 aliphatic carbocycles. The second-order valence-corrected chi connectivity index (χ2v) is 10.6. The molecule has 5 aromatic rings. The minimum absolute atomic E-state index is 0.194. The van der Waals surface area contributed by atoms with Crippen LogP contribution in [0.25, 0.3) is 39.6 Å². The molecular formula is C31H33FN8O2. The molecule has 0 amide bonds. The number of aryl methyl sites for hydroxylation is 1. The van der Waals surface area contributed by atoms with Crippen molar-refractivity contribution in [1.82, 2.24) is 39.8 Å². The first-order valence-corrected chi connectivity index (χ1v) is 13.9. The fourth-order valence-corrected chi connectivity index (χ4v) is 4.99. The Morgan fingerprint density at radius 3 is 2.64 bits per heavy atom. The van der Waals surface area contributed by atoms with E-state index in [-0.39, 0.29) is 11.9 Å². The van der Waals surface area contributed by atoms with Crippen LogP contribution in [-0.4, -0.2) is 61.4 Å². The molecule has 1 fully saturated rings. The van der Waals surface area contributed by atoms with Crippen LogP contribution < -0.4 is 10.1 Å². The number of benzene rings is 1. The van der Waals surface area contributed by atoms with Gasteiger partial charge in [0.1, 0.15) is 23.6 Å². The van der Waals surface area contributed by atoms with E-state index in [4.69, 9.17) is 19.4 Å². The first-order valence-electron chi connectivity index (χ1n) is 13.9. The molecule has 42 heavy (non-hydrogen) atoms. The van der Waals surface area contributed by atoms with Crippen LogP contribution in [-0.2, 0) is 18.3 Å². The van der Waals surface area contributed by atoms with Gasteiger partial charge >= 0.3 is 0 Å². The molecule has 4 heterocycles. The van der Waals surface area contributed by atoms with Crippen LogP contribution in [0.2, 0.25) is 0 Å². The highest BCUT2D eigenvalue weighted by atomic mass is 19.1. The molecule has 1 saturated carbocycles. The van der Waals surface area contributed by atoms with E-state index in [1.165, 1.54) is 12.1 Å². The van der Waals surface area contributed by atoms with Gasteiger partial charge in [0.15, 0.2) is 11.6 Å². The van der Waals surface area contributed by atoms with E-state index in [1.807, 2.05) is 31.4 Å². The standard InChI is InChI=1S/C31H33FN8O2/c1-19(17-41-3)33-15-24-8-10-28(42-4)30(36-24)22-14-35-40(16-22)29-12-21(11-27(37-29)20-5-6-20)25-9-7-23(32)13-26(25)31-38-34-18-39(31)2/h7-14,16,18-20,33H,5-6,15,17H2,1-4H3/t19-/m0/s1. The lowest BCUT2D eigenvalue weighted by Gasteiger charge is -2.14. The number of nitrogens with one attached hydrogen (secondary N) is 1. The lowest BCUT2D eigenvalue weighted by Crippen LogP contribution is -2.29. The van der Waals surface area contributed by atoms with Gasteiger partial charge in [-0.25, -0.2) is 19.0 Å². The van der Waals surface area contributed by atoms with E-state index in [9.17, 15) is 4.39 Å². The highest BCUT2D eigenvalue weighted by Crippen LogP contribution is 2.42. The Labute approximate surface area is 243 Å². The Balaban J connectivity index is 1.38. The van der Waals surface area contributed by atoms with E-state index < -0.39 is 0 Å². The Morgan fingerprint density at radius 2 is 1.90 bits per heavy atom. The molecule has 0 saturated heterocycles. The summed E-state index contributed by atoms with van der Waals surface area (Å²) < 4.78 is 28.8. The number of hydrogen-bond donors (Lipinski definition) is 1. The summed E-state index contributed by atoms with van der Waals surface area (Å²) in [7, 11) is 5.17. The van der Waals surface area contributed by atoms with Crippen molar-refractivity contribution in [2.75, 3.05) is 20.8 Å². The molecule has 0 bridgehead atoms. The maximum absolute atomic E-state index is 14.4. The Hall–Kier alpha value is -4.48. The van der Waals surface area contributed by atoms with E-state index in [0.29, 0.717) is 47.7 Å². The molecule has 0 unspecified atom stereocenters. The molecule has 0 radical (unpaired) electrons. The largest absolute Gasteiger partial charge is 0.494 e.